The molecule has 1 atom stereocenters. The second-order valence-electron chi connectivity index (χ2n) is 7.91. The molecule has 33 heavy (non-hydrogen) atoms. The molecule has 2 aromatic carbocycles. The summed E-state index contributed by atoms with van der Waals surface area (Å²) < 4.78 is 11.2. The molecular weight excluding hydrogens is 438 g/mol. The number of unbranched alkanes of at least 4 members (excludes halogenated alkanes) is 2. The minimum Gasteiger partial charge on any atom is -0.494 e. The molecule has 1 unspecified atom stereocenters. The van der Waals surface area contributed by atoms with E-state index in [1.165, 1.54) is 0 Å². The fraction of sp³-hybridized carbons (Fsp3) is 0.400. The average Bonchev–Trinajstić information content (AvgIpc) is 3.34. The Morgan fingerprint density at radius 1 is 1.09 bits per heavy atom. The lowest BCUT2D eigenvalue weighted by atomic mass is 10.1. The van der Waals surface area contributed by atoms with Gasteiger partial charge < -0.3 is 20.1 Å². The zero-order chi connectivity index (χ0) is 23.5. The molecule has 1 saturated heterocycles. The molecule has 2 aromatic rings. The van der Waals surface area contributed by atoms with Crippen LogP contribution in [-0.4, -0.2) is 42.8 Å². The molecule has 0 bridgehead atoms. The second kappa shape index (κ2) is 12.9. The van der Waals surface area contributed by atoms with E-state index in [1.807, 2.05) is 0 Å². The second-order valence-corrected chi connectivity index (χ2v) is 8.32. The van der Waals surface area contributed by atoms with E-state index in [0.29, 0.717) is 30.0 Å². The van der Waals surface area contributed by atoms with E-state index in [2.05, 4.69) is 22.9 Å². The lowest BCUT2D eigenvalue weighted by Crippen LogP contribution is -2.34. The molecule has 0 saturated carbocycles. The number of rotatable bonds is 10. The Balaban J connectivity index is 1.47. The van der Waals surface area contributed by atoms with Gasteiger partial charge in [0.15, 0.2) is 5.11 Å². The number of thiocarbonyl (C=S) groups is 1. The molecule has 0 spiro atoms. The van der Waals surface area contributed by atoms with Gasteiger partial charge in [-0.3, -0.25) is 14.9 Å². The summed E-state index contributed by atoms with van der Waals surface area (Å²) >= 11 is 5.27. The highest BCUT2D eigenvalue weighted by Gasteiger charge is 2.17. The molecule has 2 amide bonds. The monoisotopic (exact) mass is 469 g/mol. The maximum atomic E-state index is 12.5. The van der Waals surface area contributed by atoms with E-state index in [9.17, 15) is 9.59 Å². The largest absolute Gasteiger partial charge is 0.494 e. The first-order valence-electron chi connectivity index (χ1n) is 11.4. The van der Waals surface area contributed by atoms with Crippen LogP contribution in [0.2, 0.25) is 0 Å². The van der Waals surface area contributed by atoms with Gasteiger partial charge in [-0.15, -0.1) is 0 Å². The third kappa shape index (κ3) is 8.14. The van der Waals surface area contributed by atoms with E-state index in [4.69, 9.17) is 21.7 Å². The van der Waals surface area contributed by atoms with Crippen molar-refractivity contribution in [2.75, 3.05) is 25.1 Å². The predicted molar refractivity (Wildman–Crippen MR) is 133 cm³/mol. The van der Waals surface area contributed by atoms with Gasteiger partial charge in [-0.2, -0.15) is 0 Å². The molecule has 0 aliphatic carbocycles. The van der Waals surface area contributed by atoms with Crippen LogP contribution < -0.4 is 20.7 Å². The summed E-state index contributed by atoms with van der Waals surface area (Å²) in [6.07, 6.45) is 5.36. The van der Waals surface area contributed by atoms with Crippen molar-refractivity contribution in [1.29, 1.82) is 0 Å². The summed E-state index contributed by atoms with van der Waals surface area (Å²) in [5, 5.41) is 8.66. The lowest BCUT2D eigenvalue weighted by Gasteiger charge is -2.13. The van der Waals surface area contributed by atoms with Crippen molar-refractivity contribution in [3.8, 4) is 5.75 Å². The number of hydrogen-bond acceptors (Lipinski definition) is 5. The Hall–Kier alpha value is -2.97. The van der Waals surface area contributed by atoms with Crippen molar-refractivity contribution in [2.24, 2.45) is 0 Å². The summed E-state index contributed by atoms with van der Waals surface area (Å²) in [5.74, 6) is 0.231. The van der Waals surface area contributed by atoms with Crippen LogP contribution in [0.15, 0.2) is 48.5 Å². The van der Waals surface area contributed by atoms with Gasteiger partial charge in [0.25, 0.3) is 11.8 Å². The van der Waals surface area contributed by atoms with E-state index in [1.54, 1.807) is 48.5 Å². The Morgan fingerprint density at radius 3 is 2.64 bits per heavy atom. The highest BCUT2D eigenvalue weighted by molar-refractivity contribution is 7.80. The van der Waals surface area contributed by atoms with Crippen molar-refractivity contribution in [1.82, 2.24) is 10.6 Å². The minimum atomic E-state index is -0.324. The number of carbonyl (C=O) groups excluding carboxylic acids is 2. The molecule has 1 aliphatic heterocycles. The molecule has 176 valence electrons. The van der Waals surface area contributed by atoms with Crippen LogP contribution in [0.5, 0.6) is 5.75 Å². The summed E-state index contributed by atoms with van der Waals surface area (Å²) in [6.45, 7) is 4.06. The SMILES string of the molecule is CCCCCOc1ccc(C(=O)NC(=S)Nc2cccc(C(=O)NCC3CCCO3)c2)cc1. The maximum Gasteiger partial charge on any atom is 0.257 e. The third-order valence-corrected chi connectivity index (χ3v) is 5.46. The van der Waals surface area contributed by atoms with E-state index >= 15 is 0 Å². The van der Waals surface area contributed by atoms with Crippen molar-refractivity contribution >= 4 is 34.8 Å². The van der Waals surface area contributed by atoms with Crippen molar-refractivity contribution in [2.45, 2.75) is 45.1 Å². The maximum absolute atomic E-state index is 12.5. The van der Waals surface area contributed by atoms with E-state index < -0.39 is 0 Å². The molecule has 8 heteroatoms. The zero-order valence-electron chi connectivity index (χ0n) is 18.9. The molecule has 1 heterocycles. The average molecular weight is 470 g/mol. The fourth-order valence-electron chi connectivity index (χ4n) is 3.43. The molecule has 1 aliphatic rings. The molecule has 3 rings (SSSR count). The highest BCUT2D eigenvalue weighted by atomic mass is 32.1. The summed E-state index contributed by atoms with van der Waals surface area (Å²) in [4.78, 5) is 24.9. The smallest absolute Gasteiger partial charge is 0.257 e. The van der Waals surface area contributed by atoms with Crippen LogP contribution in [0, 0.1) is 0 Å². The van der Waals surface area contributed by atoms with Gasteiger partial charge in [0.2, 0.25) is 0 Å². The first-order valence-corrected chi connectivity index (χ1v) is 11.8. The first kappa shape index (κ1) is 24.7. The van der Waals surface area contributed by atoms with Gasteiger partial charge >= 0.3 is 0 Å². The Kier molecular flexibility index (Phi) is 9.65. The quantitative estimate of drug-likeness (QED) is 0.355. The molecular formula is C25H31N3O4S. The van der Waals surface area contributed by atoms with Gasteiger partial charge in [0.1, 0.15) is 5.75 Å². The Bertz CT molecular complexity index is 943. The van der Waals surface area contributed by atoms with Crippen molar-refractivity contribution < 1.29 is 19.1 Å². The number of hydrogen-bond donors (Lipinski definition) is 3. The molecule has 1 fully saturated rings. The lowest BCUT2D eigenvalue weighted by molar-refractivity contribution is 0.0857. The van der Waals surface area contributed by atoms with Crippen LogP contribution >= 0.6 is 12.2 Å². The van der Waals surface area contributed by atoms with Crippen LogP contribution in [0.1, 0.15) is 59.7 Å². The fourth-order valence-corrected chi connectivity index (χ4v) is 3.64. The molecule has 7 nitrogen and oxygen atoms in total. The molecule has 0 radical (unpaired) electrons. The van der Waals surface area contributed by atoms with Gasteiger partial charge in [-0.05, 0) is 73.9 Å². The predicted octanol–water partition coefficient (Wildman–Crippen LogP) is 4.29. The summed E-state index contributed by atoms with van der Waals surface area (Å²) in [6, 6.07) is 13.9. The van der Waals surface area contributed by atoms with Gasteiger partial charge in [0.05, 0.1) is 12.7 Å². The number of benzene rings is 2. The van der Waals surface area contributed by atoms with E-state index in [-0.39, 0.29) is 23.0 Å². The van der Waals surface area contributed by atoms with Crippen molar-refractivity contribution in [3.63, 3.8) is 0 Å². The molecule has 0 aromatic heterocycles. The van der Waals surface area contributed by atoms with E-state index in [0.717, 1.165) is 44.5 Å². The number of anilines is 1. The number of amides is 2. The Morgan fingerprint density at radius 2 is 1.91 bits per heavy atom. The standard InChI is InChI=1S/C25H31N3O4S/c1-2-3-4-14-31-21-12-10-18(11-13-21)24(30)28-25(33)27-20-8-5-7-19(16-20)23(29)26-17-22-9-6-15-32-22/h5,7-8,10-13,16,22H,2-4,6,9,14-15,17H2,1H3,(H,26,29)(H2,27,28,30,33). The number of carbonyl (C=O) groups is 2. The van der Waals surface area contributed by atoms with Gasteiger partial charge in [-0.1, -0.05) is 25.8 Å². The first-order chi connectivity index (χ1) is 16.0. The van der Waals surface area contributed by atoms with Crippen LogP contribution in [0.3, 0.4) is 0 Å². The topological polar surface area (TPSA) is 88.7 Å². The summed E-state index contributed by atoms with van der Waals surface area (Å²) in [5.41, 5.74) is 1.59. The molecule has 3 N–H and O–H groups in total. The third-order valence-electron chi connectivity index (χ3n) is 5.26. The van der Waals surface area contributed by atoms with Gasteiger partial charge in [0, 0.05) is 30.0 Å². The van der Waals surface area contributed by atoms with Crippen molar-refractivity contribution in [3.05, 3.63) is 59.7 Å². The van der Waals surface area contributed by atoms with Crippen LogP contribution in [0.25, 0.3) is 0 Å². The Labute approximate surface area is 200 Å². The number of ether oxygens (including phenoxy) is 2. The van der Waals surface area contributed by atoms with Crippen LogP contribution in [0.4, 0.5) is 5.69 Å². The number of nitrogens with one attached hydrogen (secondary N) is 3. The zero-order valence-corrected chi connectivity index (χ0v) is 19.7. The normalized spacial score (nSPS) is 15.0. The van der Waals surface area contributed by atoms with Gasteiger partial charge in [-0.25, -0.2) is 0 Å². The highest BCUT2D eigenvalue weighted by Crippen LogP contribution is 2.15. The van der Waals surface area contributed by atoms with Crippen LogP contribution in [-0.2, 0) is 4.74 Å². The summed E-state index contributed by atoms with van der Waals surface area (Å²) in [7, 11) is 0. The minimum absolute atomic E-state index is 0.0831.